The second-order valence-corrected chi connectivity index (χ2v) is 4.47. The first-order valence-corrected chi connectivity index (χ1v) is 5.96. The maximum absolute atomic E-state index is 13.3. The van der Waals surface area contributed by atoms with E-state index in [1.807, 2.05) is 6.07 Å². The monoisotopic (exact) mass is 222 g/mol. The fourth-order valence-electron chi connectivity index (χ4n) is 2.32. The lowest BCUT2D eigenvalue weighted by Crippen LogP contribution is -2.27. The van der Waals surface area contributed by atoms with Crippen LogP contribution in [-0.4, -0.2) is 31.1 Å². The van der Waals surface area contributed by atoms with Crippen molar-refractivity contribution in [2.45, 2.75) is 25.3 Å². The number of benzene rings is 1. The molecule has 1 aliphatic heterocycles. The number of likely N-dealkylation sites (tertiary alicyclic amines) is 1. The highest BCUT2D eigenvalue weighted by Crippen LogP contribution is 2.18. The molecule has 0 saturated carbocycles. The lowest BCUT2D eigenvalue weighted by molar-refractivity contribution is 0.301. The molecule has 1 aromatic carbocycles. The minimum Gasteiger partial charge on any atom is -0.383 e. The smallest absolute Gasteiger partial charge is 0.146 e. The molecular weight excluding hydrogens is 203 g/mol. The third-order valence-corrected chi connectivity index (χ3v) is 3.34. The van der Waals surface area contributed by atoms with Crippen molar-refractivity contribution in [2.24, 2.45) is 0 Å². The summed E-state index contributed by atoms with van der Waals surface area (Å²) in [5.41, 5.74) is 0.614. The molecule has 0 spiro atoms. The van der Waals surface area contributed by atoms with Crippen molar-refractivity contribution >= 4 is 5.69 Å². The van der Waals surface area contributed by atoms with E-state index in [4.69, 9.17) is 0 Å². The lowest BCUT2D eigenvalue weighted by Gasteiger charge is -2.19. The van der Waals surface area contributed by atoms with Crippen molar-refractivity contribution in [3.8, 4) is 0 Å². The number of nitrogens with one attached hydrogen (secondary N) is 1. The van der Waals surface area contributed by atoms with Gasteiger partial charge in [-0.2, -0.15) is 0 Å². The molecule has 1 unspecified atom stereocenters. The summed E-state index contributed by atoms with van der Waals surface area (Å²) in [6.07, 6.45) is 3.65. The SMILES string of the molecule is CN1CCCC1CCNc1ccccc1F. The summed E-state index contributed by atoms with van der Waals surface area (Å²) in [5, 5.41) is 3.16. The molecule has 1 fully saturated rings. The topological polar surface area (TPSA) is 15.3 Å². The number of anilines is 1. The summed E-state index contributed by atoms with van der Waals surface area (Å²) in [7, 11) is 2.17. The van der Waals surface area contributed by atoms with Crippen molar-refractivity contribution in [1.82, 2.24) is 4.90 Å². The van der Waals surface area contributed by atoms with Gasteiger partial charge in [0.15, 0.2) is 0 Å². The minimum atomic E-state index is -0.165. The second kappa shape index (κ2) is 5.30. The highest BCUT2D eigenvalue weighted by atomic mass is 19.1. The highest BCUT2D eigenvalue weighted by Gasteiger charge is 2.19. The molecule has 0 bridgehead atoms. The van der Waals surface area contributed by atoms with Gasteiger partial charge in [-0.25, -0.2) is 4.39 Å². The summed E-state index contributed by atoms with van der Waals surface area (Å²) in [4.78, 5) is 2.39. The predicted molar refractivity (Wildman–Crippen MR) is 65.2 cm³/mol. The van der Waals surface area contributed by atoms with Gasteiger partial charge in [0.25, 0.3) is 0 Å². The largest absolute Gasteiger partial charge is 0.383 e. The Morgan fingerprint density at radius 3 is 2.94 bits per heavy atom. The van der Waals surface area contributed by atoms with Gasteiger partial charge in [0.05, 0.1) is 5.69 Å². The van der Waals surface area contributed by atoms with Crippen LogP contribution in [0.2, 0.25) is 0 Å². The second-order valence-electron chi connectivity index (χ2n) is 4.47. The molecule has 0 aliphatic carbocycles. The third kappa shape index (κ3) is 2.73. The van der Waals surface area contributed by atoms with Crippen molar-refractivity contribution < 1.29 is 4.39 Å². The Morgan fingerprint density at radius 2 is 2.25 bits per heavy atom. The Labute approximate surface area is 96.5 Å². The van der Waals surface area contributed by atoms with Crippen LogP contribution >= 0.6 is 0 Å². The molecule has 0 aromatic heterocycles. The highest BCUT2D eigenvalue weighted by molar-refractivity contribution is 5.44. The molecule has 1 aromatic rings. The number of halogens is 1. The van der Waals surface area contributed by atoms with E-state index in [9.17, 15) is 4.39 Å². The normalized spacial score (nSPS) is 21.2. The molecule has 16 heavy (non-hydrogen) atoms. The quantitative estimate of drug-likeness (QED) is 0.842. The fraction of sp³-hybridized carbons (Fsp3) is 0.538. The van der Waals surface area contributed by atoms with Crippen molar-refractivity contribution in [3.05, 3.63) is 30.1 Å². The molecule has 1 N–H and O–H groups in total. The van der Waals surface area contributed by atoms with Gasteiger partial charge >= 0.3 is 0 Å². The van der Waals surface area contributed by atoms with Crippen LogP contribution in [-0.2, 0) is 0 Å². The predicted octanol–water partition coefficient (Wildman–Crippen LogP) is 2.72. The van der Waals surface area contributed by atoms with Crippen molar-refractivity contribution in [3.63, 3.8) is 0 Å². The van der Waals surface area contributed by atoms with Crippen LogP contribution in [0.3, 0.4) is 0 Å². The first kappa shape index (κ1) is 11.4. The van der Waals surface area contributed by atoms with Crippen LogP contribution in [0.4, 0.5) is 10.1 Å². The van der Waals surface area contributed by atoms with Crippen LogP contribution in [0.15, 0.2) is 24.3 Å². The van der Waals surface area contributed by atoms with Crippen LogP contribution in [0, 0.1) is 5.82 Å². The first-order chi connectivity index (χ1) is 7.77. The molecule has 1 heterocycles. The molecule has 2 rings (SSSR count). The molecule has 3 heteroatoms. The summed E-state index contributed by atoms with van der Waals surface area (Å²) in [6.45, 7) is 2.04. The van der Waals surface area contributed by atoms with E-state index in [1.165, 1.54) is 25.5 Å². The summed E-state index contributed by atoms with van der Waals surface area (Å²) in [5.74, 6) is -0.165. The van der Waals surface area contributed by atoms with Gasteiger partial charge in [-0.3, -0.25) is 0 Å². The first-order valence-electron chi connectivity index (χ1n) is 5.96. The number of rotatable bonds is 4. The summed E-state index contributed by atoms with van der Waals surface area (Å²) in [6, 6.07) is 7.51. The van der Waals surface area contributed by atoms with Gasteiger partial charge < -0.3 is 10.2 Å². The van der Waals surface area contributed by atoms with Gasteiger partial charge in [-0.1, -0.05) is 12.1 Å². The van der Waals surface area contributed by atoms with Crippen LogP contribution in [0.5, 0.6) is 0 Å². The zero-order valence-corrected chi connectivity index (χ0v) is 9.75. The van der Waals surface area contributed by atoms with Gasteiger partial charge in [-0.15, -0.1) is 0 Å². The Kier molecular flexibility index (Phi) is 3.78. The molecule has 0 radical (unpaired) electrons. The number of para-hydroxylation sites is 1. The van der Waals surface area contributed by atoms with E-state index in [1.54, 1.807) is 12.1 Å². The lowest BCUT2D eigenvalue weighted by atomic mass is 10.1. The van der Waals surface area contributed by atoms with E-state index in [-0.39, 0.29) is 5.82 Å². The van der Waals surface area contributed by atoms with Gasteiger partial charge in [0.1, 0.15) is 5.82 Å². The standard InChI is InChI=1S/C13H19FN2/c1-16-10-4-5-11(16)8-9-15-13-7-3-2-6-12(13)14/h2-3,6-7,11,15H,4-5,8-10H2,1H3. The van der Waals surface area contributed by atoms with Crippen molar-refractivity contribution in [2.75, 3.05) is 25.5 Å². The Balaban J connectivity index is 1.78. The van der Waals surface area contributed by atoms with Crippen LogP contribution in [0.25, 0.3) is 0 Å². The van der Waals surface area contributed by atoms with Gasteiger partial charge in [0.2, 0.25) is 0 Å². The number of nitrogens with zero attached hydrogens (tertiary/aromatic N) is 1. The van der Waals surface area contributed by atoms with Crippen LogP contribution in [0.1, 0.15) is 19.3 Å². The minimum absolute atomic E-state index is 0.165. The maximum atomic E-state index is 13.3. The molecule has 1 atom stereocenters. The number of hydrogen-bond donors (Lipinski definition) is 1. The summed E-state index contributed by atoms with van der Waals surface area (Å²) < 4.78 is 13.3. The zero-order valence-electron chi connectivity index (χ0n) is 9.75. The van der Waals surface area contributed by atoms with Crippen LogP contribution < -0.4 is 5.32 Å². The average Bonchev–Trinajstić information content (AvgIpc) is 2.67. The van der Waals surface area contributed by atoms with E-state index in [0.717, 1.165) is 13.0 Å². The molecule has 0 amide bonds. The van der Waals surface area contributed by atoms with E-state index >= 15 is 0 Å². The number of hydrogen-bond acceptors (Lipinski definition) is 2. The Morgan fingerprint density at radius 1 is 1.44 bits per heavy atom. The maximum Gasteiger partial charge on any atom is 0.146 e. The average molecular weight is 222 g/mol. The van der Waals surface area contributed by atoms with E-state index in [0.29, 0.717) is 11.7 Å². The zero-order chi connectivity index (χ0) is 11.4. The van der Waals surface area contributed by atoms with Gasteiger partial charge in [-0.05, 0) is 45.0 Å². The van der Waals surface area contributed by atoms with Crippen molar-refractivity contribution in [1.29, 1.82) is 0 Å². The van der Waals surface area contributed by atoms with E-state index < -0.39 is 0 Å². The molecule has 1 aliphatic rings. The Hall–Kier alpha value is -1.09. The fourth-order valence-corrected chi connectivity index (χ4v) is 2.32. The third-order valence-electron chi connectivity index (χ3n) is 3.34. The Bertz CT molecular complexity index is 340. The summed E-state index contributed by atoms with van der Waals surface area (Å²) >= 11 is 0. The molecule has 2 nitrogen and oxygen atoms in total. The molecule has 1 saturated heterocycles. The van der Waals surface area contributed by atoms with Gasteiger partial charge in [0, 0.05) is 12.6 Å². The van der Waals surface area contributed by atoms with E-state index in [2.05, 4.69) is 17.3 Å². The molecule has 88 valence electrons. The molecular formula is C13H19FN2.